The summed E-state index contributed by atoms with van der Waals surface area (Å²) < 4.78 is 40.8. The lowest BCUT2D eigenvalue weighted by atomic mass is 10.2. The Hall–Kier alpha value is -3.13. The summed E-state index contributed by atoms with van der Waals surface area (Å²) in [6.45, 7) is 3.22. The number of methoxy groups -OCH3 is 1. The van der Waals surface area contributed by atoms with E-state index in [0.717, 1.165) is 4.70 Å². The van der Waals surface area contributed by atoms with Gasteiger partial charge in [0.1, 0.15) is 11.8 Å². The van der Waals surface area contributed by atoms with E-state index < -0.39 is 26.9 Å². The zero-order chi connectivity index (χ0) is 25.9. The summed E-state index contributed by atoms with van der Waals surface area (Å²) >= 11 is 1.21. The molecule has 0 saturated carbocycles. The highest BCUT2D eigenvalue weighted by atomic mass is 32.2. The van der Waals surface area contributed by atoms with E-state index in [0.29, 0.717) is 48.7 Å². The second-order valence-corrected chi connectivity index (χ2v) is 10.9. The molecule has 192 valence electrons. The quantitative estimate of drug-likeness (QED) is 0.234. The zero-order valence-electron chi connectivity index (χ0n) is 19.8. The summed E-state index contributed by atoms with van der Waals surface area (Å²) in [6.07, 6.45) is 0.886. The fourth-order valence-electron chi connectivity index (χ4n) is 4.10. The number of amides is 1. The SMILES string of the molecule is CCOCCn1c(=NC(=O)C2CCCN2S(=O)(=O)c2ccc(OC)cc2)sc2ccc([N+](=O)[O-])cc21. The maximum atomic E-state index is 13.3. The highest BCUT2D eigenvalue weighted by molar-refractivity contribution is 7.89. The average molecular weight is 535 g/mol. The molecule has 1 atom stereocenters. The van der Waals surface area contributed by atoms with Crippen LogP contribution >= 0.6 is 11.3 Å². The van der Waals surface area contributed by atoms with Gasteiger partial charge in [-0.15, -0.1) is 0 Å². The summed E-state index contributed by atoms with van der Waals surface area (Å²) in [6, 6.07) is 9.54. The Kier molecular flexibility index (Phi) is 7.83. The van der Waals surface area contributed by atoms with Crippen molar-refractivity contribution < 1.29 is 27.6 Å². The largest absolute Gasteiger partial charge is 0.497 e. The number of nitro groups is 1. The Labute approximate surface area is 211 Å². The molecule has 1 unspecified atom stereocenters. The van der Waals surface area contributed by atoms with Gasteiger partial charge in [-0.25, -0.2) is 8.42 Å². The molecule has 1 saturated heterocycles. The molecule has 1 fully saturated rings. The molecule has 4 rings (SSSR count). The Balaban J connectivity index is 1.70. The van der Waals surface area contributed by atoms with Crippen molar-refractivity contribution in [1.29, 1.82) is 0 Å². The van der Waals surface area contributed by atoms with Gasteiger partial charge < -0.3 is 14.0 Å². The molecule has 2 heterocycles. The fourth-order valence-corrected chi connectivity index (χ4v) is 6.79. The van der Waals surface area contributed by atoms with Gasteiger partial charge in [0, 0.05) is 31.8 Å². The minimum absolute atomic E-state index is 0.0731. The number of hydrogen-bond acceptors (Lipinski definition) is 8. The van der Waals surface area contributed by atoms with Gasteiger partial charge in [-0.2, -0.15) is 9.30 Å². The number of ether oxygens (including phenoxy) is 2. The number of aromatic nitrogens is 1. The number of nitrogens with zero attached hydrogens (tertiary/aromatic N) is 4. The lowest BCUT2D eigenvalue weighted by Gasteiger charge is -2.21. The Morgan fingerprint density at radius 1 is 1.25 bits per heavy atom. The number of fused-ring (bicyclic) bond motifs is 1. The summed E-state index contributed by atoms with van der Waals surface area (Å²) in [5.41, 5.74) is 0.491. The van der Waals surface area contributed by atoms with E-state index in [2.05, 4.69) is 4.99 Å². The van der Waals surface area contributed by atoms with Crippen molar-refractivity contribution in [3.63, 3.8) is 0 Å². The number of hydrogen-bond donors (Lipinski definition) is 0. The second-order valence-electron chi connectivity index (χ2n) is 8.04. The van der Waals surface area contributed by atoms with Crippen molar-refractivity contribution >= 4 is 43.2 Å². The number of non-ortho nitro benzene ring substituents is 1. The Morgan fingerprint density at radius 2 is 2.00 bits per heavy atom. The number of benzene rings is 2. The lowest BCUT2D eigenvalue weighted by molar-refractivity contribution is -0.384. The van der Waals surface area contributed by atoms with Crippen LogP contribution < -0.4 is 9.54 Å². The van der Waals surface area contributed by atoms with Crippen molar-refractivity contribution in [2.24, 2.45) is 4.99 Å². The Bertz CT molecular complexity index is 1450. The molecule has 13 heteroatoms. The molecule has 0 N–H and O–H groups in total. The van der Waals surface area contributed by atoms with E-state index in [1.165, 1.54) is 47.0 Å². The second kappa shape index (κ2) is 10.9. The van der Waals surface area contributed by atoms with E-state index in [4.69, 9.17) is 9.47 Å². The maximum Gasteiger partial charge on any atom is 0.271 e. The van der Waals surface area contributed by atoms with Crippen LogP contribution in [0.2, 0.25) is 0 Å². The van der Waals surface area contributed by atoms with Crippen molar-refractivity contribution in [1.82, 2.24) is 8.87 Å². The van der Waals surface area contributed by atoms with Crippen LogP contribution in [-0.4, -0.2) is 61.0 Å². The van der Waals surface area contributed by atoms with E-state index in [1.807, 2.05) is 6.92 Å². The molecular formula is C23H26N4O7S2. The monoisotopic (exact) mass is 534 g/mol. The van der Waals surface area contributed by atoms with E-state index >= 15 is 0 Å². The molecule has 1 aliphatic rings. The van der Waals surface area contributed by atoms with Gasteiger partial charge in [0.25, 0.3) is 11.6 Å². The van der Waals surface area contributed by atoms with Crippen LogP contribution in [0.1, 0.15) is 19.8 Å². The third-order valence-electron chi connectivity index (χ3n) is 5.90. The third-order valence-corrected chi connectivity index (χ3v) is 8.88. The number of carbonyl (C=O) groups is 1. The fraction of sp³-hybridized carbons (Fsp3) is 0.391. The van der Waals surface area contributed by atoms with Crippen LogP contribution in [0.15, 0.2) is 52.4 Å². The summed E-state index contributed by atoms with van der Waals surface area (Å²) in [5, 5.41) is 11.3. The summed E-state index contributed by atoms with van der Waals surface area (Å²) in [7, 11) is -2.43. The van der Waals surface area contributed by atoms with Crippen LogP contribution in [0.5, 0.6) is 5.75 Å². The van der Waals surface area contributed by atoms with Gasteiger partial charge in [0.15, 0.2) is 4.80 Å². The smallest absolute Gasteiger partial charge is 0.271 e. The van der Waals surface area contributed by atoms with Crippen molar-refractivity contribution in [3.8, 4) is 5.75 Å². The molecule has 1 aliphatic heterocycles. The average Bonchev–Trinajstić information content (AvgIpc) is 3.50. The number of rotatable bonds is 9. The van der Waals surface area contributed by atoms with Crippen LogP contribution in [0, 0.1) is 10.1 Å². The van der Waals surface area contributed by atoms with Crippen LogP contribution in [0.4, 0.5) is 5.69 Å². The number of sulfonamides is 1. The summed E-state index contributed by atoms with van der Waals surface area (Å²) in [4.78, 5) is 28.8. The molecule has 2 aromatic carbocycles. The van der Waals surface area contributed by atoms with Crippen LogP contribution in [-0.2, 0) is 26.1 Å². The number of nitro benzene ring substituents is 1. The van der Waals surface area contributed by atoms with Crippen molar-refractivity contribution in [3.05, 3.63) is 57.4 Å². The zero-order valence-corrected chi connectivity index (χ0v) is 21.5. The van der Waals surface area contributed by atoms with Gasteiger partial charge in [0.2, 0.25) is 10.0 Å². The van der Waals surface area contributed by atoms with E-state index in [9.17, 15) is 23.3 Å². The number of thiazole rings is 1. The maximum absolute atomic E-state index is 13.3. The van der Waals surface area contributed by atoms with Crippen LogP contribution in [0.25, 0.3) is 10.2 Å². The normalized spacial score (nSPS) is 17.1. The first-order valence-corrected chi connectivity index (χ1v) is 13.6. The highest BCUT2D eigenvalue weighted by Gasteiger charge is 2.39. The van der Waals surface area contributed by atoms with E-state index in [-0.39, 0.29) is 17.1 Å². The van der Waals surface area contributed by atoms with Crippen LogP contribution in [0.3, 0.4) is 0 Å². The molecule has 3 aromatic rings. The molecule has 1 aromatic heterocycles. The third kappa shape index (κ3) is 5.19. The molecule has 11 nitrogen and oxygen atoms in total. The summed E-state index contributed by atoms with van der Waals surface area (Å²) in [5.74, 6) is -0.0459. The predicted octanol–water partition coefficient (Wildman–Crippen LogP) is 2.94. The van der Waals surface area contributed by atoms with Gasteiger partial charge in [-0.3, -0.25) is 14.9 Å². The standard InChI is InChI=1S/C23H26N4O7S2/c1-3-34-14-13-25-20-15-16(27(29)30)6-11-21(20)35-23(25)24-22(28)19-5-4-12-26(19)36(31,32)18-9-7-17(33-2)8-10-18/h6-11,15,19H,3-5,12-14H2,1-2H3. The lowest BCUT2D eigenvalue weighted by Crippen LogP contribution is -2.40. The molecule has 0 bridgehead atoms. The van der Waals surface area contributed by atoms with Crippen molar-refractivity contribution in [2.45, 2.75) is 37.2 Å². The number of carbonyl (C=O) groups excluding carboxylic acids is 1. The highest BCUT2D eigenvalue weighted by Crippen LogP contribution is 2.28. The predicted molar refractivity (Wildman–Crippen MR) is 133 cm³/mol. The Morgan fingerprint density at radius 3 is 2.67 bits per heavy atom. The molecular weight excluding hydrogens is 508 g/mol. The first-order valence-electron chi connectivity index (χ1n) is 11.4. The first kappa shape index (κ1) is 25.9. The van der Waals surface area contributed by atoms with E-state index in [1.54, 1.807) is 22.8 Å². The topological polar surface area (TPSA) is 133 Å². The minimum Gasteiger partial charge on any atom is -0.497 e. The van der Waals surface area contributed by atoms with Gasteiger partial charge in [0.05, 0.1) is 33.8 Å². The molecule has 0 aliphatic carbocycles. The minimum atomic E-state index is -3.92. The van der Waals surface area contributed by atoms with Gasteiger partial charge >= 0.3 is 0 Å². The molecule has 0 radical (unpaired) electrons. The molecule has 1 amide bonds. The molecule has 0 spiro atoms. The van der Waals surface area contributed by atoms with Crippen molar-refractivity contribution in [2.75, 3.05) is 26.9 Å². The first-order chi connectivity index (χ1) is 17.3. The molecule has 36 heavy (non-hydrogen) atoms. The van der Waals surface area contributed by atoms with Gasteiger partial charge in [-0.1, -0.05) is 11.3 Å². The van der Waals surface area contributed by atoms with Gasteiger partial charge in [-0.05, 0) is 50.1 Å².